The molecule has 6 nitrogen and oxygen atoms in total. The molecule has 0 amide bonds. The van der Waals surface area contributed by atoms with Crippen molar-refractivity contribution in [2.45, 2.75) is 38.5 Å². The first-order valence-electron chi connectivity index (χ1n) is 6.32. The van der Waals surface area contributed by atoms with Gasteiger partial charge in [0.2, 0.25) is 0 Å². The molecule has 0 bridgehead atoms. The first-order chi connectivity index (χ1) is 8.78. The number of aliphatic hydroxyl groups is 1. The third kappa shape index (κ3) is 3.34. The van der Waals surface area contributed by atoms with Crippen molar-refractivity contribution in [1.29, 1.82) is 0 Å². The maximum Gasteiger partial charge on any atom is 0.154 e. The highest BCUT2D eigenvalue weighted by atomic mass is 32.2. The second kappa shape index (κ2) is 5.22. The molecule has 0 spiro atoms. The second-order valence-corrected chi connectivity index (χ2v) is 7.66. The number of sulfone groups is 1. The van der Waals surface area contributed by atoms with Crippen molar-refractivity contribution in [2.24, 2.45) is 0 Å². The van der Waals surface area contributed by atoms with Gasteiger partial charge in [-0.25, -0.2) is 8.42 Å². The summed E-state index contributed by atoms with van der Waals surface area (Å²) < 4.78 is 28.2. The van der Waals surface area contributed by atoms with E-state index in [0.29, 0.717) is 6.54 Å². The Hall–Kier alpha value is -0.920. The van der Waals surface area contributed by atoms with Crippen molar-refractivity contribution in [3.05, 3.63) is 17.5 Å². The molecule has 1 aromatic rings. The van der Waals surface area contributed by atoms with Gasteiger partial charge in [0.15, 0.2) is 9.84 Å². The Bertz CT molecular complexity index is 538. The van der Waals surface area contributed by atoms with Crippen LogP contribution in [0.2, 0.25) is 0 Å². The molecule has 2 rings (SSSR count). The zero-order chi connectivity index (χ0) is 14.2. The number of hydrogen-bond acceptors (Lipinski definition) is 6. The second-order valence-electron chi connectivity index (χ2n) is 5.50. The van der Waals surface area contributed by atoms with E-state index in [0.717, 1.165) is 11.5 Å². The molecule has 0 aromatic carbocycles. The summed E-state index contributed by atoms with van der Waals surface area (Å²) in [6.45, 7) is 4.50. The number of nitrogens with zero attached hydrogens (tertiary/aromatic N) is 2. The van der Waals surface area contributed by atoms with Gasteiger partial charge in [0.25, 0.3) is 0 Å². The van der Waals surface area contributed by atoms with E-state index in [1.165, 1.54) is 0 Å². The van der Waals surface area contributed by atoms with Crippen LogP contribution in [0.1, 0.15) is 31.2 Å². The van der Waals surface area contributed by atoms with Crippen LogP contribution in [0.15, 0.2) is 10.6 Å². The maximum absolute atomic E-state index is 11.5. The number of aliphatic hydroxyl groups excluding tert-OH is 1. The molecule has 1 aliphatic rings. The Morgan fingerprint density at radius 1 is 1.53 bits per heavy atom. The molecule has 1 saturated heterocycles. The summed E-state index contributed by atoms with van der Waals surface area (Å²) in [5.74, 6) is 0.921. The summed E-state index contributed by atoms with van der Waals surface area (Å²) in [4.78, 5) is 1.82. The van der Waals surface area contributed by atoms with Crippen molar-refractivity contribution < 1.29 is 18.0 Å². The van der Waals surface area contributed by atoms with Gasteiger partial charge in [-0.1, -0.05) is 19.0 Å². The monoisotopic (exact) mass is 288 g/mol. The van der Waals surface area contributed by atoms with Gasteiger partial charge in [-0.3, -0.25) is 4.90 Å². The van der Waals surface area contributed by atoms with E-state index in [4.69, 9.17) is 4.52 Å². The Morgan fingerprint density at radius 3 is 2.68 bits per heavy atom. The molecule has 0 unspecified atom stereocenters. The van der Waals surface area contributed by atoms with Gasteiger partial charge in [0.1, 0.15) is 5.76 Å². The lowest BCUT2D eigenvalue weighted by atomic mass is 10.1. The van der Waals surface area contributed by atoms with Gasteiger partial charge in [0.05, 0.1) is 29.3 Å². The molecule has 1 aliphatic heterocycles. The van der Waals surface area contributed by atoms with E-state index in [1.54, 1.807) is 7.05 Å². The molecule has 0 radical (unpaired) electrons. The van der Waals surface area contributed by atoms with Crippen LogP contribution in [0.5, 0.6) is 0 Å². The lowest BCUT2D eigenvalue weighted by molar-refractivity contribution is 0.0944. The van der Waals surface area contributed by atoms with Crippen molar-refractivity contribution in [1.82, 2.24) is 10.1 Å². The van der Waals surface area contributed by atoms with E-state index in [-0.39, 0.29) is 23.5 Å². The SMILES string of the molecule is CC(C)c1cc(CN(C)[C@@H]2CS(=O)(=O)C[C@H]2O)no1. The van der Waals surface area contributed by atoms with Crippen LogP contribution in [0, 0.1) is 0 Å². The average molecular weight is 288 g/mol. The molecule has 1 N–H and O–H groups in total. The fourth-order valence-electron chi connectivity index (χ4n) is 2.28. The molecular weight excluding hydrogens is 268 g/mol. The lowest BCUT2D eigenvalue weighted by Crippen LogP contribution is -2.40. The first kappa shape index (κ1) is 14.5. The fourth-order valence-corrected chi connectivity index (χ4v) is 4.15. The minimum Gasteiger partial charge on any atom is -0.390 e. The van der Waals surface area contributed by atoms with Crippen LogP contribution in [0.25, 0.3) is 0 Å². The van der Waals surface area contributed by atoms with E-state index in [2.05, 4.69) is 5.16 Å². The minimum atomic E-state index is -3.13. The number of aromatic nitrogens is 1. The zero-order valence-electron chi connectivity index (χ0n) is 11.4. The highest BCUT2D eigenvalue weighted by molar-refractivity contribution is 7.91. The summed E-state index contributed by atoms with van der Waals surface area (Å²) in [5, 5.41) is 13.8. The third-order valence-corrected chi connectivity index (χ3v) is 5.12. The highest BCUT2D eigenvalue weighted by Gasteiger charge is 2.38. The van der Waals surface area contributed by atoms with Crippen LogP contribution in [-0.2, 0) is 16.4 Å². The molecule has 1 fully saturated rings. The highest BCUT2D eigenvalue weighted by Crippen LogP contribution is 2.20. The standard InChI is InChI=1S/C12H20N2O4S/c1-8(2)12-4-9(13-18-12)5-14(3)10-6-19(16,17)7-11(10)15/h4,8,10-11,15H,5-7H2,1-3H3/t10-,11-/m1/s1. The summed E-state index contributed by atoms with van der Waals surface area (Å²) in [7, 11) is -1.34. The Morgan fingerprint density at radius 2 is 2.21 bits per heavy atom. The van der Waals surface area contributed by atoms with Crippen molar-refractivity contribution in [3.8, 4) is 0 Å². The molecule has 7 heteroatoms. The van der Waals surface area contributed by atoms with Gasteiger partial charge in [-0.2, -0.15) is 0 Å². The first-order valence-corrected chi connectivity index (χ1v) is 8.15. The van der Waals surface area contributed by atoms with E-state index < -0.39 is 15.9 Å². The van der Waals surface area contributed by atoms with Gasteiger partial charge >= 0.3 is 0 Å². The van der Waals surface area contributed by atoms with E-state index in [1.807, 2.05) is 24.8 Å². The fraction of sp³-hybridized carbons (Fsp3) is 0.750. The van der Waals surface area contributed by atoms with Crippen LogP contribution in [-0.4, -0.2) is 54.3 Å². The Balaban J connectivity index is 2.02. The Labute approximate surface area is 113 Å². The quantitative estimate of drug-likeness (QED) is 0.863. The lowest BCUT2D eigenvalue weighted by Gasteiger charge is -2.24. The maximum atomic E-state index is 11.5. The summed E-state index contributed by atoms with van der Waals surface area (Å²) in [6.07, 6.45) is -0.827. The van der Waals surface area contributed by atoms with Gasteiger partial charge in [-0.15, -0.1) is 0 Å². The topological polar surface area (TPSA) is 83.6 Å². The largest absolute Gasteiger partial charge is 0.390 e. The molecule has 1 aromatic heterocycles. The van der Waals surface area contributed by atoms with E-state index in [9.17, 15) is 13.5 Å². The predicted octanol–water partition coefficient (Wildman–Crippen LogP) is 0.388. The molecule has 0 saturated carbocycles. The molecular formula is C12H20N2O4S. The van der Waals surface area contributed by atoms with Gasteiger partial charge in [0, 0.05) is 18.5 Å². The smallest absolute Gasteiger partial charge is 0.154 e. The summed E-state index contributed by atoms with van der Waals surface area (Å²) in [5.41, 5.74) is 0.752. The van der Waals surface area contributed by atoms with Crippen LogP contribution in [0.4, 0.5) is 0 Å². The molecule has 0 aliphatic carbocycles. The predicted molar refractivity (Wildman–Crippen MR) is 70.5 cm³/mol. The van der Waals surface area contributed by atoms with Gasteiger partial charge in [-0.05, 0) is 7.05 Å². The van der Waals surface area contributed by atoms with Gasteiger partial charge < -0.3 is 9.63 Å². The number of likely N-dealkylation sites (N-methyl/N-ethyl adjacent to an activating group) is 1. The minimum absolute atomic E-state index is 0.000441. The third-order valence-electron chi connectivity index (χ3n) is 3.42. The zero-order valence-corrected chi connectivity index (χ0v) is 12.2. The molecule has 2 atom stereocenters. The van der Waals surface area contributed by atoms with Crippen LogP contribution < -0.4 is 0 Å². The van der Waals surface area contributed by atoms with E-state index >= 15 is 0 Å². The number of rotatable bonds is 4. The molecule has 108 valence electrons. The average Bonchev–Trinajstić information content (AvgIpc) is 2.83. The number of hydrogen-bond donors (Lipinski definition) is 1. The summed E-state index contributed by atoms with van der Waals surface area (Å²) in [6, 6.07) is 1.50. The van der Waals surface area contributed by atoms with Crippen molar-refractivity contribution in [2.75, 3.05) is 18.6 Å². The Kier molecular flexibility index (Phi) is 3.98. The van der Waals surface area contributed by atoms with Crippen LogP contribution >= 0.6 is 0 Å². The van der Waals surface area contributed by atoms with Crippen molar-refractivity contribution >= 4 is 9.84 Å². The van der Waals surface area contributed by atoms with Crippen LogP contribution in [0.3, 0.4) is 0 Å². The molecule has 2 heterocycles. The summed E-state index contributed by atoms with van der Waals surface area (Å²) >= 11 is 0. The normalized spacial score (nSPS) is 26.4. The molecule has 19 heavy (non-hydrogen) atoms. The van der Waals surface area contributed by atoms with Crippen molar-refractivity contribution in [3.63, 3.8) is 0 Å².